The first-order valence-electron chi connectivity index (χ1n) is 4.28. The maximum atomic E-state index is 10.7. The van der Waals surface area contributed by atoms with Crippen LogP contribution < -0.4 is 0 Å². The molecular weight excluding hydrogens is 158 g/mol. The summed E-state index contributed by atoms with van der Waals surface area (Å²) in [6, 6.07) is 0.363. The van der Waals surface area contributed by atoms with Gasteiger partial charge in [0.15, 0.2) is 0 Å². The van der Waals surface area contributed by atoms with Gasteiger partial charge >= 0.3 is 5.97 Å². The van der Waals surface area contributed by atoms with Gasteiger partial charge in [0.25, 0.3) is 0 Å². The van der Waals surface area contributed by atoms with Crippen molar-refractivity contribution in [1.82, 2.24) is 4.90 Å². The van der Waals surface area contributed by atoms with Crippen LogP contribution in [0.3, 0.4) is 0 Å². The Kier molecular flexibility index (Phi) is 1.81. The summed E-state index contributed by atoms with van der Waals surface area (Å²) in [4.78, 5) is 12.7. The van der Waals surface area contributed by atoms with Gasteiger partial charge in [-0.25, -0.2) is 0 Å². The number of carbonyl (C=O) groups is 1. The lowest BCUT2D eigenvalue weighted by atomic mass is 9.89. The molecule has 0 saturated carbocycles. The first kappa shape index (κ1) is 8.01. The Bertz CT molecular complexity index is 192. The van der Waals surface area contributed by atoms with Gasteiger partial charge in [-0.1, -0.05) is 0 Å². The normalized spacial score (nSPS) is 37.1. The quantitative estimate of drug-likeness (QED) is 0.632. The van der Waals surface area contributed by atoms with Crippen molar-refractivity contribution in [3.8, 4) is 0 Å². The first-order chi connectivity index (χ1) is 5.70. The molecule has 4 nitrogen and oxygen atoms in total. The van der Waals surface area contributed by atoms with Gasteiger partial charge in [0.2, 0.25) is 0 Å². The van der Waals surface area contributed by atoms with E-state index in [2.05, 4.69) is 0 Å². The van der Waals surface area contributed by atoms with Crippen LogP contribution in [0.15, 0.2) is 0 Å². The Balaban J connectivity index is 2.01. The number of fused-ring (bicyclic) bond motifs is 2. The highest BCUT2D eigenvalue weighted by molar-refractivity contribution is 5.73. The summed E-state index contributed by atoms with van der Waals surface area (Å²) in [6.45, 7) is 3.15. The molecule has 3 rings (SSSR count). The third-order valence-corrected chi connectivity index (χ3v) is 2.81. The monoisotopic (exact) mass is 171 g/mol. The molecule has 0 amide bonds. The van der Waals surface area contributed by atoms with Crippen LogP contribution in [0, 0.1) is 0 Å². The molecule has 2 bridgehead atoms. The maximum absolute atomic E-state index is 10.7. The first-order valence-corrected chi connectivity index (χ1v) is 4.28. The summed E-state index contributed by atoms with van der Waals surface area (Å²) in [5, 5.41) is 8.79. The highest BCUT2D eigenvalue weighted by Crippen LogP contribution is 2.32. The second kappa shape index (κ2) is 2.71. The van der Waals surface area contributed by atoms with Crippen molar-refractivity contribution in [1.29, 1.82) is 0 Å². The van der Waals surface area contributed by atoms with Crippen molar-refractivity contribution in [3.63, 3.8) is 0 Å². The molecule has 3 aliphatic heterocycles. The molecule has 3 aliphatic rings. The molecule has 4 heteroatoms. The third-order valence-electron chi connectivity index (χ3n) is 2.81. The van der Waals surface area contributed by atoms with Crippen molar-refractivity contribution in [2.45, 2.75) is 31.5 Å². The second-order valence-electron chi connectivity index (χ2n) is 3.54. The molecule has 1 N–H and O–H groups in total. The van der Waals surface area contributed by atoms with Crippen LogP contribution in [0.1, 0.15) is 13.3 Å². The molecule has 3 atom stereocenters. The highest BCUT2D eigenvalue weighted by atomic mass is 16.5. The maximum Gasteiger partial charge on any atom is 0.320 e. The Morgan fingerprint density at radius 3 is 2.58 bits per heavy atom. The molecule has 0 aromatic carbocycles. The number of aliphatic carboxylic acids is 1. The summed E-state index contributed by atoms with van der Waals surface area (Å²) >= 11 is 0. The van der Waals surface area contributed by atoms with E-state index in [-0.39, 0.29) is 6.04 Å². The van der Waals surface area contributed by atoms with Gasteiger partial charge in [-0.2, -0.15) is 0 Å². The minimum Gasteiger partial charge on any atom is -0.480 e. The molecular formula is C8H13NO3. The number of hydrogen-bond acceptors (Lipinski definition) is 3. The van der Waals surface area contributed by atoms with Crippen molar-refractivity contribution in [2.75, 3.05) is 13.2 Å². The number of morpholine rings is 1. The van der Waals surface area contributed by atoms with E-state index in [1.165, 1.54) is 0 Å². The zero-order valence-corrected chi connectivity index (χ0v) is 7.06. The van der Waals surface area contributed by atoms with E-state index in [1.54, 1.807) is 6.92 Å². The van der Waals surface area contributed by atoms with Crippen LogP contribution in [0.5, 0.6) is 0 Å². The average molecular weight is 171 g/mol. The lowest BCUT2D eigenvalue weighted by Crippen LogP contribution is -2.67. The summed E-state index contributed by atoms with van der Waals surface area (Å²) in [7, 11) is 0. The van der Waals surface area contributed by atoms with Crippen molar-refractivity contribution in [2.24, 2.45) is 0 Å². The van der Waals surface area contributed by atoms with Gasteiger partial charge in [-0.3, -0.25) is 9.69 Å². The van der Waals surface area contributed by atoms with Crippen molar-refractivity contribution < 1.29 is 14.6 Å². The lowest BCUT2D eigenvalue weighted by Gasteiger charge is -2.54. The molecule has 0 radical (unpaired) electrons. The van der Waals surface area contributed by atoms with Gasteiger partial charge in [-0.15, -0.1) is 0 Å². The van der Waals surface area contributed by atoms with E-state index in [1.807, 2.05) is 4.90 Å². The largest absolute Gasteiger partial charge is 0.480 e. The summed E-state index contributed by atoms with van der Waals surface area (Å²) in [5.74, 6) is -0.730. The van der Waals surface area contributed by atoms with Gasteiger partial charge in [0, 0.05) is 12.1 Å². The van der Waals surface area contributed by atoms with Crippen LogP contribution in [0.25, 0.3) is 0 Å². The van der Waals surface area contributed by atoms with Crippen LogP contribution >= 0.6 is 0 Å². The van der Waals surface area contributed by atoms with E-state index in [0.29, 0.717) is 25.3 Å². The number of ether oxygens (including phenoxy) is 1. The van der Waals surface area contributed by atoms with E-state index in [9.17, 15) is 4.79 Å². The molecule has 0 aliphatic carbocycles. The van der Waals surface area contributed by atoms with Crippen LogP contribution in [0.2, 0.25) is 0 Å². The average Bonchev–Trinajstić information content (AvgIpc) is 2.05. The summed E-state index contributed by atoms with van der Waals surface area (Å²) in [6.07, 6.45) is 1.11. The van der Waals surface area contributed by atoms with Gasteiger partial charge < -0.3 is 9.84 Å². The lowest BCUT2D eigenvalue weighted by molar-refractivity contribution is -0.169. The number of rotatable bonds is 2. The molecule has 0 aromatic heterocycles. The Hall–Kier alpha value is -0.610. The minimum atomic E-state index is -0.730. The van der Waals surface area contributed by atoms with Gasteiger partial charge in [-0.05, 0) is 13.3 Å². The van der Waals surface area contributed by atoms with Gasteiger partial charge in [0.05, 0.1) is 13.2 Å². The predicted octanol–water partition coefficient (Wildman–Crippen LogP) is -0.0674. The zero-order chi connectivity index (χ0) is 8.72. The molecule has 3 saturated heterocycles. The molecule has 3 fully saturated rings. The number of carboxylic acid groups (broad SMARTS) is 1. The molecule has 0 spiro atoms. The topological polar surface area (TPSA) is 49.8 Å². The molecule has 68 valence electrons. The second-order valence-corrected chi connectivity index (χ2v) is 3.54. The SMILES string of the molecule is CC(C(=O)O)N1C2COCC1C2. The van der Waals surface area contributed by atoms with E-state index < -0.39 is 5.97 Å². The Morgan fingerprint density at radius 1 is 1.58 bits per heavy atom. The molecule has 0 aromatic rings. The van der Waals surface area contributed by atoms with Crippen LogP contribution in [-0.4, -0.2) is 47.3 Å². The Labute approximate surface area is 71.1 Å². The molecule has 12 heavy (non-hydrogen) atoms. The number of carboxylic acids is 1. The molecule has 3 unspecified atom stereocenters. The van der Waals surface area contributed by atoms with E-state index >= 15 is 0 Å². The molecule has 3 heterocycles. The fourth-order valence-electron chi connectivity index (χ4n) is 2.13. The van der Waals surface area contributed by atoms with Crippen molar-refractivity contribution >= 4 is 5.97 Å². The number of hydrogen-bond donors (Lipinski definition) is 1. The smallest absolute Gasteiger partial charge is 0.320 e. The summed E-state index contributed by atoms with van der Waals surface area (Å²) in [5.41, 5.74) is 0. The Morgan fingerprint density at radius 2 is 2.17 bits per heavy atom. The fourth-order valence-corrected chi connectivity index (χ4v) is 2.13. The van der Waals surface area contributed by atoms with Crippen LogP contribution in [-0.2, 0) is 9.53 Å². The van der Waals surface area contributed by atoms with E-state index in [0.717, 1.165) is 6.42 Å². The standard InChI is InChI=1S/C8H13NO3/c1-5(8(10)11)9-6-2-7(9)4-12-3-6/h5-7H,2-4H2,1H3,(H,10,11). The fraction of sp³-hybridized carbons (Fsp3) is 0.875. The van der Waals surface area contributed by atoms with Crippen molar-refractivity contribution in [3.05, 3.63) is 0 Å². The number of nitrogens with zero attached hydrogens (tertiary/aromatic N) is 1. The van der Waals surface area contributed by atoms with E-state index in [4.69, 9.17) is 9.84 Å². The van der Waals surface area contributed by atoms with Crippen LogP contribution in [0.4, 0.5) is 0 Å². The minimum absolute atomic E-state index is 0.349. The zero-order valence-electron chi connectivity index (χ0n) is 7.06. The third kappa shape index (κ3) is 1.03. The highest BCUT2D eigenvalue weighted by Gasteiger charge is 2.46. The summed E-state index contributed by atoms with van der Waals surface area (Å²) < 4.78 is 5.26. The van der Waals surface area contributed by atoms with Gasteiger partial charge in [0.1, 0.15) is 6.04 Å². The predicted molar refractivity (Wildman–Crippen MR) is 41.9 cm³/mol.